The van der Waals surface area contributed by atoms with Gasteiger partial charge in [-0.1, -0.05) is 50.6 Å². The van der Waals surface area contributed by atoms with Crippen molar-refractivity contribution in [1.29, 1.82) is 5.26 Å². The number of nitrogens with two attached hydrogens (primary N) is 1. The number of aromatic nitrogens is 3. The zero-order chi connectivity index (χ0) is 29.7. The smallest absolute Gasteiger partial charge is 0.277 e. The zero-order valence-corrected chi connectivity index (χ0v) is 23.4. The van der Waals surface area contributed by atoms with Crippen LogP contribution in [0.1, 0.15) is 66.5 Å². The number of carbonyl (C=O) groups is 1. The highest BCUT2D eigenvalue weighted by atomic mass is 32.2. The van der Waals surface area contributed by atoms with Crippen LogP contribution in [-0.2, 0) is 16.3 Å². The molecule has 0 aliphatic rings. The number of hydrogen-bond acceptors (Lipinski definition) is 8. The predicted octanol–water partition coefficient (Wildman–Crippen LogP) is 4.16. The van der Waals surface area contributed by atoms with E-state index in [0.717, 1.165) is 6.42 Å². The van der Waals surface area contributed by atoms with Gasteiger partial charge in [0.15, 0.2) is 5.03 Å². The lowest BCUT2D eigenvalue weighted by Gasteiger charge is -2.23. The Hall–Kier alpha value is -4.82. The van der Waals surface area contributed by atoms with Gasteiger partial charge in [0.05, 0.1) is 17.7 Å². The number of benzene rings is 2. The standard InChI is InChI=1S/C30H29N5O5S/c1-3-5-13-25-34-29(37)27(30(38)35(25)24(4-2)20-10-8-9-19(16-20)17-31)41(39,40)26-15-14-21(18-33-26)22-11-6-7-12-23(22)28(32)36/h6-12,14-16,18,24,37H,3-5,13H2,1-2H3,(H2,32,36)/t24-/m0/s1. The molecule has 0 fully saturated rings. The lowest BCUT2D eigenvalue weighted by atomic mass is 10.0. The van der Waals surface area contributed by atoms with Crippen molar-refractivity contribution < 1.29 is 18.3 Å². The van der Waals surface area contributed by atoms with Crippen LogP contribution in [0, 0.1) is 11.3 Å². The Morgan fingerprint density at radius 3 is 2.51 bits per heavy atom. The second kappa shape index (κ2) is 12.1. The van der Waals surface area contributed by atoms with E-state index in [-0.39, 0.29) is 11.4 Å². The molecule has 11 heteroatoms. The highest BCUT2D eigenvalue weighted by Crippen LogP contribution is 2.30. The largest absolute Gasteiger partial charge is 0.492 e. The van der Waals surface area contributed by atoms with E-state index >= 15 is 0 Å². The number of unbranched alkanes of at least 4 members (excludes halogenated alkanes) is 1. The van der Waals surface area contributed by atoms with Crippen LogP contribution in [0.2, 0.25) is 0 Å². The van der Waals surface area contributed by atoms with Crippen molar-refractivity contribution >= 4 is 15.7 Å². The molecule has 0 aliphatic carbocycles. The first kappa shape index (κ1) is 29.2. The molecule has 1 amide bonds. The maximum Gasteiger partial charge on any atom is 0.277 e. The first-order chi connectivity index (χ1) is 19.6. The molecule has 0 aliphatic heterocycles. The molecule has 0 saturated carbocycles. The van der Waals surface area contributed by atoms with Crippen molar-refractivity contribution in [3.8, 4) is 23.1 Å². The monoisotopic (exact) mass is 571 g/mol. The highest BCUT2D eigenvalue weighted by Gasteiger charge is 2.32. The zero-order valence-electron chi connectivity index (χ0n) is 22.6. The van der Waals surface area contributed by atoms with E-state index in [1.807, 2.05) is 13.8 Å². The summed E-state index contributed by atoms with van der Waals surface area (Å²) >= 11 is 0. The molecule has 4 aromatic rings. The van der Waals surface area contributed by atoms with Crippen molar-refractivity contribution in [2.24, 2.45) is 5.73 Å². The third-order valence-corrected chi connectivity index (χ3v) is 8.45. The van der Waals surface area contributed by atoms with Crippen molar-refractivity contribution in [3.05, 3.63) is 99.7 Å². The number of pyridine rings is 1. The van der Waals surface area contributed by atoms with Gasteiger partial charge in [-0.25, -0.2) is 13.4 Å². The van der Waals surface area contributed by atoms with Crippen LogP contribution in [0.15, 0.2) is 81.6 Å². The maximum atomic E-state index is 14.0. The van der Waals surface area contributed by atoms with Gasteiger partial charge in [-0.15, -0.1) is 0 Å². The number of carbonyl (C=O) groups excluding carboxylic acids is 1. The van der Waals surface area contributed by atoms with Crippen LogP contribution in [0.4, 0.5) is 0 Å². The van der Waals surface area contributed by atoms with Gasteiger partial charge < -0.3 is 10.8 Å². The normalized spacial score (nSPS) is 12.0. The van der Waals surface area contributed by atoms with E-state index in [1.165, 1.54) is 22.9 Å². The second-order valence-electron chi connectivity index (χ2n) is 9.42. The molecule has 0 saturated heterocycles. The van der Waals surface area contributed by atoms with Gasteiger partial charge in [0, 0.05) is 23.7 Å². The molecule has 2 aromatic carbocycles. The lowest BCUT2D eigenvalue weighted by molar-refractivity contribution is 0.100. The van der Waals surface area contributed by atoms with Crippen LogP contribution in [0.3, 0.4) is 0 Å². The molecule has 1 atom stereocenters. The fraction of sp³-hybridized carbons (Fsp3) is 0.233. The average molecular weight is 572 g/mol. The van der Waals surface area contributed by atoms with Gasteiger partial charge in [-0.3, -0.25) is 14.2 Å². The SMILES string of the molecule is CCCCc1nc(O)c(S(=O)(=O)c2ccc(-c3ccccc3C(N)=O)cn2)c(=O)n1[C@@H](CC)c1cccc(C#N)c1. The Labute approximate surface area is 237 Å². The van der Waals surface area contributed by atoms with E-state index < -0.39 is 43.1 Å². The highest BCUT2D eigenvalue weighted by molar-refractivity contribution is 7.91. The summed E-state index contributed by atoms with van der Waals surface area (Å²) in [6.45, 7) is 3.80. The summed E-state index contributed by atoms with van der Waals surface area (Å²) in [6.07, 6.45) is 3.43. The van der Waals surface area contributed by atoms with Gasteiger partial charge in [0.1, 0.15) is 5.82 Å². The molecule has 3 N–H and O–H groups in total. The van der Waals surface area contributed by atoms with E-state index in [2.05, 4.69) is 16.0 Å². The van der Waals surface area contributed by atoms with Crippen LogP contribution >= 0.6 is 0 Å². The molecule has 2 aromatic heterocycles. The maximum absolute atomic E-state index is 14.0. The number of rotatable bonds is 10. The van der Waals surface area contributed by atoms with Crippen molar-refractivity contribution in [2.75, 3.05) is 0 Å². The number of amides is 1. The number of nitrogens with zero attached hydrogens (tertiary/aromatic N) is 4. The predicted molar refractivity (Wildman–Crippen MR) is 152 cm³/mol. The molecule has 210 valence electrons. The quantitative estimate of drug-likeness (QED) is 0.286. The van der Waals surface area contributed by atoms with Gasteiger partial charge in [-0.05, 0) is 54.3 Å². The molecular weight excluding hydrogens is 542 g/mol. The second-order valence-corrected chi connectivity index (χ2v) is 11.3. The molecule has 0 unspecified atom stereocenters. The summed E-state index contributed by atoms with van der Waals surface area (Å²) in [5.41, 5.74) is 6.72. The Morgan fingerprint density at radius 1 is 1.12 bits per heavy atom. The van der Waals surface area contributed by atoms with E-state index in [0.29, 0.717) is 41.5 Å². The van der Waals surface area contributed by atoms with Crippen molar-refractivity contribution in [3.63, 3.8) is 0 Å². The Kier molecular flexibility index (Phi) is 8.64. The molecule has 0 spiro atoms. The molecule has 10 nitrogen and oxygen atoms in total. The summed E-state index contributed by atoms with van der Waals surface area (Å²) in [7, 11) is -4.62. The number of sulfone groups is 1. The minimum Gasteiger partial charge on any atom is -0.492 e. The summed E-state index contributed by atoms with van der Waals surface area (Å²) < 4.78 is 28.8. The number of aryl methyl sites for hydroxylation is 1. The average Bonchev–Trinajstić information content (AvgIpc) is 2.97. The minimum absolute atomic E-state index is 0.239. The van der Waals surface area contributed by atoms with E-state index in [4.69, 9.17) is 5.73 Å². The van der Waals surface area contributed by atoms with E-state index in [1.54, 1.807) is 48.5 Å². The summed E-state index contributed by atoms with van der Waals surface area (Å²) in [5.74, 6) is -1.31. The van der Waals surface area contributed by atoms with Gasteiger partial charge in [0.25, 0.3) is 5.56 Å². The van der Waals surface area contributed by atoms with Gasteiger partial charge in [0.2, 0.25) is 26.5 Å². The first-order valence-corrected chi connectivity index (χ1v) is 14.6. The van der Waals surface area contributed by atoms with Crippen LogP contribution in [0.5, 0.6) is 5.88 Å². The van der Waals surface area contributed by atoms with E-state index in [9.17, 15) is 28.4 Å². The van der Waals surface area contributed by atoms with Gasteiger partial charge >= 0.3 is 0 Å². The van der Waals surface area contributed by atoms with Crippen LogP contribution in [-0.4, -0.2) is 34.0 Å². The molecule has 0 bridgehead atoms. The molecule has 4 rings (SSSR count). The summed E-state index contributed by atoms with van der Waals surface area (Å²) in [5, 5.41) is 19.7. The van der Waals surface area contributed by atoms with Gasteiger partial charge in [-0.2, -0.15) is 10.2 Å². The summed E-state index contributed by atoms with van der Waals surface area (Å²) in [6, 6.07) is 17.4. The lowest BCUT2D eigenvalue weighted by Crippen LogP contribution is -2.33. The van der Waals surface area contributed by atoms with Crippen molar-refractivity contribution in [2.45, 2.75) is 55.5 Å². The molecular formula is C30H29N5O5S. The number of primary amides is 1. The minimum atomic E-state index is -4.62. The Bertz CT molecular complexity index is 1810. The van der Waals surface area contributed by atoms with Crippen LogP contribution < -0.4 is 11.3 Å². The fourth-order valence-electron chi connectivity index (χ4n) is 4.75. The summed E-state index contributed by atoms with van der Waals surface area (Å²) in [4.78, 5) is 33.2. The third-order valence-electron chi connectivity index (χ3n) is 6.77. The van der Waals surface area contributed by atoms with Crippen LogP contribution in [0.25, 0.3) is 11.1 Å². The molecule has 41 heavy (non-hydrogen) atoms. The number of nitriles is 1. The topological polar surface area (TPSA) is 169 Å². The molecule has 2 heterocycles. The Morgan fingerprint density at radius 2 is 1.88 bits per heavy atom. The number of aromatic hydroxyl groups is 1. The Balaban J connectivity index is 1.87. The van der Waals surface area contributed by atoms with Crippen molar-refractivity contribution in [1.82, 2.24) is 14.5 Å². The molecule has 0 radical (unpaired) electrons. The third kappa shape index (κ3) is 5.73. The fourth-order valence-corrected chi connectivity index (χ4v) is 6.01. The first-order valence-electron chi connectivity index (χ1n) is 13.1. The number of hydrogen-bond donors (Lipinski definition) is 2.